The Kier molecular flexibility index (Phi) is 3.95. The molecule has 2 aromatic heterocycles. The summed E-state index contributed by atoms with van der Waals surface area (Å²) in [5.74, 6) is 0. The van der Waals surface area contributed by atoms with Gasteiger partial charge >= 0.3 is 0 Å². The van der Waals surface area contributed by atoms with E-state index in [4.69, 9.17) is 0 Å². The number of hydrogen-bond donors (Lipinski definition) is 1. The van der Waals surface area contributed by atoms with Crippen LogP contribution in [0.5, 0.6) is 0 Å². The van der Waals surface area contributed by atoms with Crippen LogP contribution in [0.1, 0.15) is 23.5 Å². The van der Waals surface area contributed by atoms with Gasteiger partial charge in [-0.15, -0.1) is 11.3 Å². The van der Waals surface area contributed by atoms with Gasteiger partial charge in [0.25, 0.3) is 0 Å². The van der Waals surface area contributed by atoms with E-state index in [1.807, 2.05) is 23.7 Å². The minimum absolute atomic E-state index is 0.291. The quantitative estimate of drug-likeness (QED) is 0.772. The fourth-order valence-electron chi connectivity index (χ4n) is 2.10. The van der Waals surface area contributed by atoms with Crippen molar-refractivity contribution >= 4 is 11.3 Å². The van der Waals surface area contributed by atoms with Crippen LogP contribution in [0.25, 0.3) is 5.69 Å². The average molecular weight is 283 g/mol. The van der Waals surface area contributed by atoms with Crippen molar-refractivity contribution in [3.63, 3.8) is 0 Å². The van der Waals surface area contributed by atoms with E-state index in [2.05, 4.69) is 58.5 Å². The molecule has 3 rings (SSSR count). The van der Waals surface area contributed by atoms with Gasteiger partial charge in [-0.1, -0.05) is 12.1 Å². The first kappa shape index (κ1) is 13.1. The van der Waals surface area contributed by atoms with Gasteiger partial charge in [-0.2, -0.15) is 0 Å². The standard InChI is InChI=1S/C16H17N3S/c1-13(16-17-8-11-20-16)18-12-14-4-6-15(7-5-14)19-9-2-3-10-19/h2-11,13,18H,12H2,1H3. The molecule has 1 atom stereocenters. The lowest BCUT2D eigenvalue weighted by molar-refractivity contribution is 0.572. The molecule has 0 aliphatic heterocycles. The third-order valence-electron chi connectivity index (χ3n) is 3.27. The highest BCUT2D eigenvalue weighted by Gasteiger charge is 2.06. The minimum atomic E-state index is 0.291. The van der Waals surface area contributed by atoms with Gasteiger partial charge in [0.15, 0.2) is 0 Å². The zero-order chi connectivity index (χ0) is 13.8. The second-order valence-electron chi connectivity index (χ2n) is 4.73. The number of thiazole rings is 1. The maximum atomic E-state index is 4.33. The van der Waals surface area contributed by atoms with E-state index in [1.165, 1.54) is 11.3 Å². The number of rotatable bonds is 5. The van der Waals surface area contributed by atoms with Gasteiger partial charge in [0.2, 0.25) is 0 Å². The molecule has 20 heavy (non-hydrogen) atoms. The van der Waals surface area contributed by atoms with Gasteiger partial charge in [-0.3, -0.25) is 0 Å². The topological polar surface area (TPSA) is 29.9 Å². The van der Waals surface area contributed by atoms with Crippen LogP contribution in [0.3, 0.4) is 0 Å². The summed E-state index contributed by atoms with van der Waals surface area (Å²) in [6, 6.07) is 13.0. The summed E-state index contributed by atoms with van der Waals surface area (Å²) in [5.41, 5.74) is 2.47. The maximum absolute atomic E-state index is 4.33. The van der Waals surface area contributed by atoms with Crippen LogP contribution in [-0.2, 0) is 6.54 Å². The van der Waals surface area contributed by atoms with Crippen LogP contribution in [0.2, 0.25) is 0 Å². The second-order valence-corrected chi connectivity index (χ2v) is 5.66. The Morgan fingerprint density at radius 3 is 2.60 bits per heavy atom. The summed E-state index contributed by atoms with van der Waals surface area (Å²) in [6.07, 6.45) is 5.96. The highest BCUT2D eigenvalue weighted by molar-refractivity contribution is 7.09. The molecule has 1 N–H and O–H groups in total. The molecular formula is C16H17N3S. The van der Waals surface area contributed by atoms with Crippen molar-refractivity contribution in [2.75, 3.05) is 0 Å². The summed E-state index contributed by atoms with van der Waals surface area (Å²) in [7, 11) is 0. The van der Waals surface area contributed by atoms with Crippen molar-refractivity contribution in [3.8, 4) is 5.69 Å². The molecule has 0 aliphatic carbocycles. The molecule has 1 unspecified atom stereocenters. The van der Waals surface area contributed by atoms with E-state index >= 15 is 0 Å². The van der Waals surface area contributed by atoms with Crippen molar-refractivity contribution in [2.45, 2.75) is 19.5 Å². The molecule has 0 bridgehead atoms. The van der Waals surface area contributed by atoms with E-state index in [0.717, 1.165) is 11.6 Å². The zero-order valence-electron chi connectivity index (χ0n) is 11.4. The normalized spacial score (nSPS) is 12.4. The first-order valence-electron chi connectivity index (χ1n) is 6.68. The highest BCUT2D eigenvalue weighted by Crippen LogP contribution is 2.16. The van der Waals surface area contributed by atoms with Gasteiger partial charge in [0.05, 0.1) is 6.04 Å². The molecule has 0 aliphatic rings. The minimum Gasteiger partial charge on any atom is -0.324 e. The summed E-state index contributed by atoms with van der Waals surface area (Å²) in [5, 5.41) is 6.64. The Morgan fingerprint density at radius 2 is 1.95 bits per heavy atom. The Morgan fingerprint density at radius 1 is 1.20 bits per heavy atom. The predicted octanol–water partition coefficient (Wildman–Crippen LogP) is 3.78. The third-order valence-corrected chi connectivity index (χ3v) is 4.23. The zero-order valence-corrected chi connectivity index (χ0v) is 12.2. The first-order valence-corrected chi connectivity index (χ1v) is 7.56. The van der Waals surface area contributed by atoms with Crippen LogP contribution in [0, 0.1) is 0 Å². The second kappa shape index (κ2) is 6.03. The number of aromatic nitrogens is 2. The van der Waals surface area contributed by atoms with E-state index in [1.54, 1.807) is 11.3 Å². The van der Waals surface area contributed by atoms with E-state index < -0.39 is 0 Å². The predicted molar refractivity (Wildman–Crippen MR) is 83.1 cm³/mol. The summed E-state index contributed by atoms with van der Waals surface area (Å²) in [6.45, 7) is 3.00. The number of hydrogen-bond acceptors (Lipinski definition) is 3. The Balaban J connectivity index is 1.61. The maximum Gasteiger partial charge on any atom is 0.109 e. The number of benzene rings is 1. The number of nitrogens with one attached hydrogen (secondary N) is 1. The van der Waals surface area contributed by atoms with E-state index in [9.17, 15) is 0 Å². The monoisotopic (exact) mass is 283 g/mol. The Labute approximate surface area is 122 Å². The third kappa shape index (κ3) is 2.98. The molecule has 0 fully saturated rings. The smallest absolute Gasteiger partial charge is 0.109 e. The lowest BCUT2D eigenvalue weighted by atomic mass is 10.2. The molecule has 0 spiro atoms. The Bertz CT molecular complexity index is 627. The van der Waals surface area contributed by atoms with Crippen molar-refractivity contribution in [1.82, 2.24) is 14.9 Å². The van der Waals surface area contributed by atoms with Crippen molar-refractivity contribution < 1.29 is 0 Å². The molecule has 3 aromatic rings. The summed E-state index contributed by atoms with van der Waals surface area (Å²) in [4.78, 5) is 4.33. The van der Waals surface area contributed by atoms with Crippen LogP contribution in [0.4, 0.5) is 0 Å². The fraction of sp³-hybridized carbons (Fsp3) is 0.188. The first-order chi connectivity index (χ1) is 9.83. The molecule has 3 nitrogen and oxygen atoms in total. The molecule has 0 radical (unpaired) electrons. The Hall–Kier alpha value is -1.91. The summed E-state index contributed by atoms with van der Waals surface area (Å²) < 4.78 is 2.11. The van der Waals surface area contributed by atoms with Gasteiger partial charge in [0, 0.05) is 36.2 Å². The van der Waals surface area contributed by atoms with Crippen LogP contribution in [-0.4, -0.2) is 9.55 Å². The number of nitrogens with zero attached hydrogens (tertiary/aromatic N) is 2. The molecule has 2 heterocycles. The molecule has 1 aromatic carbocycles. The van der Waals surface area contributed by atoms with Crippen molar-refractivity contribution in [1.29, 1.82) is 0 Å². The molecule has 0 amide bonds. The van der Waals surface area contributed by atoms with Crippen LogP contribution in [0.15, 0.2) is 60.4 Å². The molecule has 0 saturated heterocycles. The van der Waals surface area contributed by atoms with E-state index in [-0.39, 0.29) is 0 Å². The average Bonchev–Trinajstić information content (AvgIpc) is 3.18. The molecule has 0 saturated carbocycles. The van der Waals surface area contributed by atoms with Gasteiger partial charge in [-0.05, 0) is 36.8 Å². The van der Waals surface area contributed by atoms with E-state index in [0.29, 0.717) is 6.04 Å². The SMILES string of the molecule is CC(NCc1ccc(-n2cccc2)cc1)c1nccs1. The molecule has 102 valence electrons. The molecule has 4 heteroatoms. The van der Waals surface area contributed by atoms with Gasteiger partial charge in [0.1, 0.15) is 5.01 Å². The largest absolute Gasteiger partial charge is 0.324 e. The molecular weight excluding hydrogens is 266 g/mol. The lowest BCUT2D eigenvalue weighted by Gasteiger charge is -2.11. The summed E-state index contributed by atoms with van der Waals surface area (Å²) >= 11 is 1.69. The lowest BCUT2D eigenvalue weighted by Crippen LogP contribution is -2.17. The van der Waals surface area contributed by atoms with Gasteiger partial charge < -0.3 is 9.88 Å². The van der Waals surface area contributed by atoms with Crippen LogP contribution >= 0.6 is 11.3 Å². The van der Waals surface area contributed by atoms with Crippen molar-refractivity contribution in [3.05, 3.63) is 70.9 Å². The van der Waals surface area contributed by atoms with Gasteiger partial charge in [-0.25, -0.2) is 4.98 Å². The van der Waals surface area contributed by atoms with Crippen LogP contribution < -0.4 is 5.32 Å². The fourth-order valence-corrected chi connectivity index (χ4v) is 2.77. The van der Waals surface area contributed by atoms with Crippen molar-refractivity contribution in [2.24, 2.45) is 0 Å². The highest BCUT2D eigenvalue weighted by atomic mass is 32.1.